The Balaban J connectivity index is 2.06. The molecule has 0 aliphatic rings. The smallest absolute Gasteiger partial charge is 0.416 e. The number of furan rings is 1. The van der Waals surface area contributed by atoms with Crippen molar-refractivity contribution in [3.05, 3.63) is 47.7 Å². The lowest BCUT2D eigenvalue weighted by atomic mass is 10.1. The van der Waals surface area contributed by atoms with Crippen molar-refractivity contribution in [1.29, 1.82) is 0 Å². The number of halogens is 3. The van der Waals surface area contributed by atoms with E-state index in [1.165, 1.54) is 31.2 Å². The third-order valence-electron chi connectivity index (χ3n) is 3.51. The Labute approximate surface area is 157 Å². The van der Waals surface area contributed by atoms with Crippen LogP contribution in [-0.4, -0.2) is 30.6 Å². The average molecular weight is 398 g/mol. The number of hydrogen-bond acceptors (Lipinski definition) is 5. The van der Waals surface area contributed by atoms with E-state index in [2.05, 4.69) is 5.32 Å². The first kappa shape index (κ1) is 21.0. The molecule has 2 N–H and O–H groups in total. The van der Waals surface area contributed by atoms with Crippen molar-refractivity contribution < 1.29 is 36.7 Å². The van der Waals surface area contributed by atoms with Crippen LogP contribution >= 0.6 is 0 Å². The number of nitrogens with one attached hydrogen (secondary N) is 2. The lowest BCUT2D eigenvalue weighted by Crippen LogP contribution is -2.44. The van der Waals surface area contributed by atoms with Gasteiger partial charge in [0.15, 0.2) is 6.10 Å². The number of imide groups is 1. The van der Waals surface area contributed by atoms with Crippen LogP contribution in [0.2, 0.25) is 0 Å². The molecule has 0 aliphatic heterocycles. The number of benzene rings is 1. The van der Waals surface area contributed by atoms with Gasteiger partial charge in [0.05, 0.1) is 5.56 Å². The number of rotatable bonds is 5. The van der Waals surface area contributed by atoms with Crippen LogP contribution in [0.3, 0.4) is 0 Å². The van der Waals surface area contributed by atoms with Crippen LogP contribution in [0.5, 0.6) is 0 Å². The van der Waals surface area contributed by atoms with Crippen LogP contribution in [0, 0.1) is 0 Å². The Hall–Kier alpha value is -3.30. The predicted octanol–water partition coefficient (Wildman–Crippen LogP) is 3.36. The van der Waals surface area contributed by atoms with Gasteiger partial charge in [0.2, 0.25) is 5.76 Å². The van der Waals surface area contributed by atoms with Gasteiger partial charge in [-0.3, -0.25) is 10.1 Å². The largest absolute Gasteiger partial charge is 0.449 e. The van der Waals surface area contributed by atoms with Crippen molar-refractivity contribution in [3.8, 4) is 11.3 Å². The summed E-state index contributed by atoms with van der Waals surface area (Å²) in [5.41, 5.74) is -0.739. The molecule has 1 heterocycles. The minimum Gasteiger partial charge on any atom is -0.449 e. The highest BCUT2D eigenvalue weighted by Gasteiger charge is 2.31. The molecule has 0 spiro atoms. The standard InChI is InChI=1S/C18H17F3N2O5/c1-3-22-17(26)23-15(24)10(2)27-16(25)14-8-7-13(28-14)11-5-4-6-12(9-11)18(19,20)21/h4-10H,3H2,1-2H3,(H2,22,23,24,26)/t10-/m0/s1. The van der Waals surface area contributed by atoms with Crippen LogP contribution < -0.4 is 10.6 Å². The second kappa shape index (κ2) is 8.59. The SMILES string of the molecule is CCNC(=O)NC(=O)[C@H](C)OC(=O)c1ccc(-c2cccc(C(F)(F)F)c2)o1. The molecule has 3 amide bonds. The Bertz CT molecular complexity index is 876. The van der Waals surface area contributed by atoms with Crippen molar-refractivity contribution in [2.45, 2.75) is 26.1 Å². The highest BCUT2D eigenvalue weighted by molar-refractivity contribution is 5.98. The van der Waals surface area contributed by atoms with Crippen LogP contribution in [0.25, 0.3) is 11.3 Å². The summed E-state index contributed by atoms with van der Waals surface area (Å²) in [7, 11) is 0. The molecule has 28 heavy (non-hydrogen) atoms. The van der Waals surface area contributed by atoms with Crippen molar-refractivity contribution in [1.82, 2.24) is 10.6 Å². The fraction of sp³-hybridized carbons (Fsp3) is 0.278. The Morgan fingerprint density at radius 3 is 2.54 bits per heavy atom. The lowest BCUT2D eigenvalue weighted by Gasteiger charge is -2.12. The number of ether oxygens (including phenoxy) is 1. The molecule has 0 radical (unpaired) electrons. The number of alkyl halides is 3. The molecule has 0 saturated carbocycles. The number of amides is 3. The Kier molecular flexibility index (Phi) is 6.45. The van der Waals surface area contributed by atoms with E-state index in [1.54, 1.807) is 6.92 Å². The molecular formula is C18H17F3N2O5. The molecule has 0 unspecified atom stereocenters. The zero-order chi connectivity index (χ0) is 20.9. The van der Waals surface area contributed by atoms with Crippen LogP contribution in [0.1, 0.15) is 30.0 Å². The number of carbonyl (C=O) groups excluding carboxylic acids is 3. The maximum absolute atomic E-state index is 12.8. The Morgan fingerprint density at radius 2 is 1.89 bits per heavy atom. The topological polar surface area (TPSA) is 97.6 Å². The molecule has 0 bridgehead atoms. The van der Waals surface area contributed by atoms with Gasteiger partial charge in [-0.25, -0.2) is 9.59 Å². The Morgan fingerprint density at radius 1 is 1.18 bits per heavy atom. The van der Waals surface area contributed by atoms with Gasteiger partial charge in [-0.05, 0) is 38.1 Å². The molecule has 0 aliphatic carbocycles. The monoisotopic (exact) mass is 398 g/mol. The molecule has 7 nitrogen and oxygen atoms in total. The summed E-state index contributed by atoms with van der Waals surface area (Å²) in [4.78, 5) is 35.1. The summed E-state index contributed by atoms with van der Waals surface area (Å²) < 4.78 is 48.6. The van der Waals surface area contributed by atoms with E-state index in [4.69, 9.17) is 9.15 Å². The van der Waals surface area contributed by atoms with Gasteiger partial charge >= 0.3 is 18.2 Å². The molecule has 10 heteroatoms. The summed E-state index contributed by atoms with van der Waals surface area (Å²) in [6.45, 7) is 3.22. The summed E-state index contributed by atoms with van der Waals surface area (Å²) in [5, 5.41) is 4.33. The number of esters is 1. The van der Waals surface area contributed by atoms with Gasteiger partial charge < -0.3 is 14.5 Å². The summed E-state index contributed by atoms with van der Waals surface area (Å²) in [6, 6.07) is 6.20. The zero-order valence-electron chi connectivity index (χ0n) is 14.9. The van der Waals surface area contributed by atoms with Gasteiger partial charge in [-0.2, -0.15) is 13.2 Å². The van der Waals surface area contributed by atoms with E-state index < -0.39 is 35.8 Å². The third kappa shape index (κ3) is 5.35. The van der Waals surface area contributed by atoms with Gasteiger partial charge in [0, 0.05) is 12.1 Å². The average Bonchev–Trinajstić information content (AvgIpc) is 3.11. The second-order valence-electron chi connectivity index (χ2n) is 5.64. The number of urea groups is 1. The van der Waals surface area contributed by atoms with Gasteiger partial charge in [-0.15, -0.1) is 0 Å². The summed E-state index contributed by atoms with van der Waals surface area (Å²) >= 11 is 0. The highest BCUT2D eigenvalue weighted by atomic mass is 19.4. The van der Waals surface area contributed by atoms with Gasteiger partial charge in [-0.1, -0.05) is 12.1 Å². The van der Waals surface area contributed by atoms with E-state index in [1.807, 2.05) is 5.32 Å². The van der Waals surface area contributed by atoms with E-state index >= 15 is 0 Å². The summed E-state index contributed by atoms with van der Waals surface area (Å²) in [6.07, 6.45) is -5.81. The van der Waals surface area contributed by atoms with Crippen molar-refractivity contribution in [3.63, 3.8) is 0 Å². The predicted molar refractivity (Wildman–Crippen MR) is 91.2 cm³/mol. The van der Waals surface area contributed by atoms with Crippen molar-refractivity contribution in [2.75, 3.05) is 6.54 Å². The summed E-state index contributed by atoms with van der Waals surface area (Å²) in [5.74, 6) is -2.12. The van der Waals surface area contributed by atoms with E-state index in [9.17, 15) is 27.6 Å². The third-order valence-corrected chi connectivity index (χ3v) is 3.51. The first-order valence-electron chi connectivity index (χ1n) is 8.19. The van der Waals surface area contributed by atoms with E-state index in [0.717, 1.165) is 12.1 Å². The molecule has 0 fully saturated rings. The molecule has 1 aromatic carbocycles. The van der Waals surface area contributed by atoms with Gasteiger partial charge in [0.1, 0.15) is 5.76 Å². The molecule has 0 saturated heterocycles. The van der Waals surface area contributed by atoms with Gasteiger partial charge in [0.25, 0.3) is 5.91 Å². The van der Waals surface area contributed by atoms with E-state index in [-0.39, 0.29) is 17.1 Å². The molecule has 1 aromatic heterocycles. The quantitative estimate of drug-likeness (QED) is 0.753. The first-order valence-corrected chi connectivity index (χ1v) is 8.19. The number of carbonyl (C=O) groups is 3. The second-order valence-corrected chi connectivity index (χ2v) is 5.64. The minimum absolute atomic E-state index is 0.0254. The fourth-order valence-corrected chi connectivity index (χ4v) is 2.14. The maximum atomic E-state index is 12.8. The van der Waals surface area contributed by atoms with Crippen molar-refractivity contribution >= 4 is 17.9 Å². The van der Waals surface area contributed by atoms with Crippen LogP contribution in [-0.2, 0) is 15.7 Å². The molecule has 150 valence electrons. The number of hydrogen-bond donors (Lipinski definition) is 2. The fourth-order valence-electron chi connectivity index (χ4n) is 2.14. The highest BCUT2D eigenvalue weighted by Crippen LogP contribution is 2.32. The zero-order valence-corrected chi connectivity index (χ0v) is 14.9. The minimum atomic E-state index is -4.52. The van der Waals surface area contributed by atoms with E-state index in [0.29, 0.717) is 6.54 Å². The molecular weight excluding hydrogens is 381 g/mol. The molecule has 2 rings (SSSR count). The van der Waals surface area contributed by atoms with Crippen molar-refractivity contribution in [2.24, 2.45) is 0 Å². The molecule has 1 atom stereocenters. The maximum Gasteiger partial charge on any atom is 0.416 e. The van der Waals surface area contributed by atoms with Crippen LogP contribution in [0.15, 0.2) is 40.8 Å². The lowest BCUT2D eigenvalue weighted by molar-refractivity contribution is -0.137. The normalized spacial score (nSPS) is 12.2. The first-order chi connectivity index (χ1) is 13.1. The molecule has 2 aromatic rings. The van der Waals surface area contributed by atoms with Crippen LogP contribution in [0.4, 0.5) is 18.0 Å².